The number of benzene rings is 1. The van der Waals surface area contributed by atoms with Crippen molar-refractivity contribution in [2.24, 2.45) is 5.73 Å². The molecular weight excluding hydrogens is 218 g/mol. The molecule has 0 saturated carbocycles. The largest absolute Gasteiger partial charge is 0.586 e. The zero-order valence-corrected chi connectivity index (χ0v) is 8.50. The van der Waals surface area contributed by atoms with E-state index in [0.29, 0.717) is 18.8 Å². The van der Waals surface area contributed by atoms with Gasteiger partial charge in [-0.15, -0.1) is 8.78 Å². The lowest BCUT2D eigenvalue weighted by molar-refractivity contribution is -0.286. The molecule has 0 atom stereocenters. The standard InChI is InChI=1S/C10H12F2N2O2/c11-10(12)15-8-3-2-7(6-9(8)16-10)14-5-1-4-13/h2-3,6,14H,1,4-5,13H2. The number of alkyl halides is 2. The topological polar surface area (TPSA) is 56.5 Å². The normalized spacial score (nSPS) is 16.2. The highest BCUT2D eigenvalue weighted by Crippen LogP contribution is 2.42. The first-order valence-electron chi connectivity index (χ1n) is 4.94. The molecule has 6 heteroatoms. The Kier molecular flexibility index (Phi) is 2.82. The fourth-order valence-electron chi connectivity index (χ4n) is 1.39. The predicted octanol–water partition coefficient (Wildman–Crippen LogP) is 1.77. The van der Waals surface area contributed by atoms with Gasteiger partial charge in [-0.2, -0.15) is 0 Å². The van der Waals surface area contributed by atoms with Crippen molar-refractivity contribution in [2.75, 3.05) is 18.4 Å². The third-order valence-corrected chi connectivity index (χ3v) is 2.11. The Hall–Kier alpha value is -1.56. The zero-order valence-electron chi connectivity index (χ0n) is 8.50. The summed E-state index contributed by atoms with van der Waals surface area (Å²) in [6.07, 6.45) is -2.75. The minimum atomic E-state index is -3.56. The molecule has 2 rings (SSSR count). The van der Waals surface area contributed by atoms with Gasteiger partial charge in [0.2, 0.25) is 0 Å². The molecule has 16 heavy (non-hydrogen) atoms. The molecule has 0 saturated heterocycles. The Morgan fingerprint density at radius 1 is 1.25 bits per heavy atom. The number of fused-ring (bicyclic) bond motifs is 1. The predicted molar refractivity (Wildman–Crippen MR) is 54.8 cm³/mol. The maximum absolute atomic E-state index is 12.7. The van der Waals surface area contributed by atoms with E-state index in [-0.39, 0.29) is 11.5 Å². The van der Waals surface area contributed by atoms with Crippen molar-refractivity contribution in [3.05, 3.63) is 18.2 Å². The summed E-state index contributed by atoms with van der Waals surface area (Å²) in [6.45, 7) is 1.27. The van der Waals surface area contributed by atoms with Crippen LogP contribution in [0.15, 0.2) is 18.2 Å². The van der Waals surface area contributed by atoms with Crippen LogP contribution in [0.5, 0.6) is 11.5 Å². The van der Waals surface area contributed by atoms with Gasteiger partial charge in [0.15, 0.2) is 11.5 Å². The molecule has 1 aromatic carbocycles. The second-order valence-corrected chi connectivity index (χ2v) is 3.40. The molecule has 88 valence electrons. The number of halogens is 2. The van der Waals surface area contributed by atoms with Crippen molar-refractivity contribution >= 4 is 5.69 Å². The smallest absolute Gasteiger partial charge is 0.395 e. The summed E-state index contributed by atoms with van der Waals surface area (Å²) in [5.41, 5.74) is 6.04. The first kappa shape index (κ1) is 10.9. The Bertz CT molecular complexity index is 385. The van der Waals surface area contributed by atoms with Gasteiger partial charge in [0.25, 0.3) is 0 Å². The van der Waals surface area contributed by atoms with E-state index in [1.54, 1.807) is 6.07 Å². The molecular formula is C10H12F2N2O2. The van der Waals surface area contributed by atoms with Crippen LogP contribution in [0.3, 0.4) is 0 Å². The average Bonchev–Trinajstić information content (AvgIpc) is 2.51. The van der Waals surface area contributed by atoms with E-state index in [0.717, 1.165) is 6.42 Å². The zero-order chi connectivity index (χ0) is 11.6. The van der Waals surface area contributed by atoms with Gasteiger partial charge in [-0.25, -0.2) is 0 Å². The van der Waals surface area contributed by atoms with Crippen LogP contribution < -0.4 is 20.5 Å². The summed E-state index contributed by atoms with van der Waals surface area (Å²) in [6, 6.07) is 4.58. The molecule has 0 aromatic heterocycles. The number of rotatable bonds is 4. The molecule has 0 amide bonds. The lowest BCUT2D eigenvalue weighted by atomic mass is 10.2. The molecule has 0 radical (unpaired) electrons. The molecule has 0 fully saturated rings. The number of nitrogens with one attached hydrogen (secondary N) is 1. The van der Waals surface area contributed by atoms with Crippen molar-refractivity contribution in [3.63, 3.8) is 0 Å². The van der Waals surface area contributed by atoms with E-state index in [9.17, 15) is 8.78 Å². The molecule has 0 bridgehead atoms. The van der Waals surface area contributed by atoms with Gasteiger partial charge < -0.3 is 20.5 Å². The summed E-state index contributed by atoms with van der Waals surface area (Å²) < 4.78 is 34.0. The highest BCUT2D eigenvalue weighted by Gasteiger charge is 2.43. The summed E-state index contributed by atoms with van der Waals surface area (Å²) >= 11 is 0. The Morgan fingerprint density at radius 2 is 2.00 bits per heavy atom. The lowest BCUT2D eigenvalue weighted by Gasteiger charge is -2.05. The van der Waals surface area contributed by atoms with Gasteiger partial charge in [0.1, 0.15) is 0 Å². The maximum Gasteiger partial charge on any atom is 0.586 e. The lowest BCUT2D eigenvalue weighted by Crippen LogP contribution is -2.25. The van der Waals surface area contributed by atoms with Crippen molar-refractivity contribution in [2.45, 2.75) is 12.7 Å². The Balaban J connectivity index is 2.04. The minimum Gasteiger partial charge on any atom is -0.395 e. The average molecular weight is 230 g/mol. The van der Waals surface area contributed by atoms with E-state index in [4.69, 9.17) is 5.73 Å². The van der Waals surface area contributed by atoms with E-state index in [2.05, 4.69) is 14.8 Å². The molecule has 3 N–H and O–H groups in total. The van der Waals surface area contributed by atoms with E-state index in [1.807, 2.05) is 0 Å². The third-order valence-electron chi connectivity index (χ3n) is 2.11. The second-order valence-electron chi connectivity index (χ2n) is 3.40. The van der Waals surface area contributed by atoms with Crippen LogP contribution in [0.2, 0.25) is 0 Å². The molecule has 0 spiro atoms. The van der Waals surface area contributed by atoms with Gasteiger partial charge in [-0.3, -0.25) is 0 Å². The van der Waals surface area contributed by atoms with Crippen molar-refractivity contribution < 1.29 is 18.3 Å². The van der Waals surface area contributed by atoms with Gasteiger partial charge in [0, 0.05) is 18.3 Å². The van der Waals surface area contributed by atoms with Gasteiger partial charge in [-0.1, -0.05) is 0 Å². The Morgan fingerprint density at radius 3 is 2.75 bits per heavy atom. The number of anilines is 1. The molecule has 4 nitrogen and oxygen atoms in total. The minimum absolute atomic E-state index is 0.0442. The van der Waals surface area contributed by atoms with Gasteiger partial charge in [0.05, 0.1) is 0 Å². The van der Waals surface area contributed by atoms with Crippen molar-refractivity contribution in [1.29, 1.82) is 0 Å². The third kappa shape index (κ3) is 2.33. The van der Waals surface area contributed by atoms with Crippen LogP contribution in [-0.2, 0) is 0 Å². The van der Waals surface area contributed by atoms with Crippen LogP contribution in [0, 0.1) is 0 Å². The molecule has 1 aromatic rings. The first-order valence-corrected chi connectivity index (χ1v) is 4.94. The second kappa shape index (κ2) is 4.13. The molecule has 1 aliphatic heterocycles. The monoisotopic (exact) mass is 230 g/mol. The van der Waals surface area contributed by atoms with Crippen LogP contribution in [-0.4, -0.2) is 19.4 Å². The molecule has 1 heterocycles. The van der Waals surface area contributed by atoms with Crippen LogP contribution >= 0.6 is 0 Å². The number of nitrogens with two attached hydrogens (primary N) is 1. The van der Waals surface area contributed by atoms with E-state index >= 15 is 0 Å². The molecule has 0 unspecified atom stereocenters. The van der Waals surface area contributed by atoms with Crippen molar-refractivity contribution in [1.82, 2.24) is 0 Å². The van der Waals surface area contributed by atoms with E-state index < -0.39 is 6.29 Å². The summed E-state index contributed by atoms with van der Waals surface area (Å²) in [5.74, 6) is 0.0946. The highest BCUT2D eigenvalue weighted by molar-refractivity contribution is 5.55. The number of ether oxygens (including phenoxy) is 2. The highest BCUT2D eigenvalue weighted by atomic mass is 19.3. The van der Waals surface area contributed by atoms with Crippen LogP contribution in [0.1, 0.15) is 6.42 Å². The maximum atomic E-state index is 12.7. The Labute approximate surface area is 91.3 Å². The van der Waals surface area contributed by atoms with Crippen molar-refractivity contribution in [3.8, 4) is 11.5 Å². The SMILES string of the molecule is NCCCNc1ccc2c(c1)OC(F)(F)O2. The summed E-state index contributed by atoms with van der Waals surface area (Å²) in [4.78, 5) is 0. The number of hydrogen-bond donors (Lipinski definition) is 2. The summed E-state index contributed by atoms with van der Waals surface area (Å²) in [7, 11) is 0. The molecule has 0 aliphatic carbocycles. The van der Waals surface area contributed by atoms with E-state index in [1.165, 1.54) is 12.1 Å². The first-order chi connectivity index (χ1) is 7.61. The van der Waals surface area contributed by atoms with Crippen LogP contribution in [0.25, 0.3) is 0 Å². The van der Waals surface area contributed by atoms with Gasteiger partial charge in [-0.05, 0) is 25.1 Å². The number of hydrogen-bond acceptors (Lipinski definition) is 4. The molecule has 1 aliphatic rings. The van der Waals surface area contributed by atoms with Crippen LogP contribution in [0.4, 0.5) is 14.5 Å². The fourth-order valence-corrected chi connectivity index (χ4v) is 1.39. The quantitative estimate of drug-likeness (QED) is 0.774. The fraction of sp³-hybridized carbons (Fsp3) is 0.400. The summed E-state index contributed by atoms with van der Waals surface area (Å²) in [5, 5.41) is 3.04. The van der Waals surface area contributed by atoms with Gasteiger partial charge >= 0.3 is 6.29 Å².